The van der Waals surface area contributed by atoms with Crippen LogP contribution in [0.2, 0.25) is 5.02 Å². The molecule has 0 unspecified atom stereocenters. The molecule has 1 heterocycles. The number of benzene rings is 3. The lowest BCUT2D eigenvalue weighted by Gasteiger charge is -2.27. The number of ether oxygens (including phenoxy) is 2. The van der Waals surface area contributed by atoms with Crippen molar-refractivity contribution in [3.8, 4) is 11.5 Å². The number of barbiturate groups is 1. The third-order valence-electron chi connectivity index (χ3n) is 5.84. The smallest absolute Gasteiger partial charge is 0.335 e. The zero-order valence-electron chi connectivity index (χ0n) is 20.4. The average molecular weight is 517 g/mol. The molecule has 4 amide bonds. The first-order valence-electron chi connectivity index (χ1n) is 11.5. The van der Waals surface area contributed by atoms with Gasteiger partial charge in [0, 0.05) is 16.1 Å². The summed E-state index contributed by atoms with van der Waals surface area (Å²) in [5, 5.41) is 2.84. The van der Waals surface area contributed by atoms with Gasteiger partial charge in [-0.05, 0) is 54.8 Å². The number of allylic oxidation sites excluding steroid dienone is 1. The summed E-state index contributed by atoms with van der Waals surface area (Å²) < 4.78 is 11.7. The van der Waals surface area contributed by atoms with E-state index in [4.69, 9.17) is 21.1 Å². The first-order chi connectivity index (χ1) is 17.8. The van der Waals surface area contributed by atoms with Crippen molar-refractivity contribution in [1.29, 1.82) is 0 Å². The number of urea groups is 1. The Kier molecular flexibility index (Phi) is 7.74. The number of rotatable bonds is 8. The van der Waals surface area contributed by atoms with Crippen LogP contribution in [-0.2, 0) is 22.6 Å². The van der Waals surface area contributed by atoms with Crippen molar-refractivity contribution in [2.24, 2.45) is 0 Å². The number of hydrogen-bond donors (Lipinski definition) is 1. The van der Waals surface area contributed by atoms with Crippen LogP contribution in [-0.4, -0.2) is 25.0 Å². The van der Waals surface area contributed by atoms with Crippen molar-refractivity contribution in [3.63, 3.8) is 0 Å². The lowest BCUT2D eigenvalue weighted by atomic mass is 10.0. The SMILES string of the molecule is C=CCc1cc(/C=C2\C(=O)NC(=O)N(c3ccccc3C)C2=O)cc(OC)c1OCc1ccccc1Cl. The topological polar surface area (TPSA) is 84.9 Å². The van der Waals surface area contributed by atoms with Crippen molar-refractivity contribution in [3.05, 3.63) is 106 Å². The van der Waals surface area contributed by atoms with Gasteiger partial charge in [0.25, 0.3) is 11.8 Å². The number of halogens is 1. The maximum Gasteiger partial charge on any atom is 0.335 e. The second kappa shape index (κ2) is 11.1. The van der Waals surface area contributed by atoms with E-state index in [1.165, 1.54) is 13.2 Å². The summed E-state index contributed by atoms with van der Waals surface area (Å²) in [7, 11) is 1.50. The van der Waals surface area contributed by atoms with Crippen molar-refractivity contribution in [1.82, 2.24) is 5.32 Å². The highest BCUT2D eigenvalue weighted by atomic mass is 35.5. The number of para-hydroxylation sites is 1. The number of nitrogens with one attached hydrogen (secondary N) is 1. The van der Waals surface area contributed by atoms with Crippen LogP contribution < -0.4 is 19.7 Å². The molecule has 7 nitrogen and oxygen atoms in total. The van der Waals surface area contributed by atoms with E-state index < -0.39 is 17.8 Å². The summed E-state index contributed by atoms with van der Waals surface area (Å²) in [5.74, 6) is -0.580. The van der Waals surface area contributed by atoms with Crippen LogP contribution >= 0.6 is 11.6 Å². The van der Waals surface area contributed by atoms with Gasteiger partial charge in [-0.25, -0.2) is 9.69 Å². The Labute approximate surface area is 219 Å². The molecule has 0 aliphatic carbocycles. The van der Waals surface area contributed by atoms with Crippen molar-refractivity contribution in [2.75, 3.05) is 12.0 Å². The molecule has 0 radical (unpaired) electrons. The van der Waals surface area contributed by atoms with E-state index in [0.29, 0.717) is 34.2 Å². The first kappa shape index (κ1) is 25.7. The van der Waals surface area contributed by atoms with Crippen LogP contribution in [0.25, 0.3) is 6.08 Å². The normalized spacial score (nSPS) is 14.5. The summed E-state index contributed by atoms with van der Waals surface area (Å²) in [6, 6.07) is 17.0. The molecule has 1 saturated heterocycles. The molecule has 0 atom stereocenters. The Morgan fingerprint density at radius 1 is 1.03 bits per heavy atom. The Bertz CT molecular complexity index is 1430. The predicted octanol–water partition coefficient (Wildman–Crippen LogP) is 5.63. The monoisotopic (exact) mass is 516 g/mol. The van der Waals surface area contributed by atoms with Crippen molar-refractivity contribution >= 4 is 41.2 Å². The lowest BCUT2D eigenvalue weighted by molar-refractivity contribution is -0.122. The van der Waals surface area contributed by atoms with Gasteiger partial charge in [0.1, 0.15) is 12.2 Å². The number of nitrogens with zero attached hydrogens (tertiary/aromatic N) is 1. The summed E-state index contributed by atoms with van der Waals surface area (Å²) in [4.78, 5) is 39.5. The third kappa shape index (κ3) is 5.42. The number of hydrogen-bond acceptors (Lipinski definition) is 5. The van der Waals surface area contributed by atoms with Crippen LogP contribution in [0, 0.1) is 6.92 Å². The number of aryl methyl sites for hydroxylation is 1. The van der Waals surface area contributed by atoms with E-state index in [9.17, 15) is 14.4 Å². The highest BCUT2D eigenvalue weighted by Crippen LogP contribution is 2.36. The van der Waals surface area contributed by atoms with Crippen LogP contribution in [0.5, 0.6) is 11.5 Å². The van der Waals surface area contributed by atoms with E-state index in [0.717, 1.165) is 21.6 Å². The molecule has 37 heavy (non-hydrogen) atoms. The standard InChI is InChI=1S/C29H25ClN2O5/c1-4-9-20-14-19(16-25(36-3)26(20)37-17-21-11-6-7-12-23(21)30)15-22-27(33)31-29(35)32(28(22)34)24-13-8-5-10-18(24)2/h4-8,10-16H,1,9,17H2,2-3H3,(H,31,33,35)/b22-15+. The van der Waals surface area contributed by atoms with Gasteiger partial charge < -0.3 is 9.47 Å². The van der Waals surface area contributed by atoms with E-state index in [1.54, 1.807) is 55.5 Å². The van der Waals surface area contributed by atoms with Crippen molar-refractivity contribution in [2.45, 2.75) is 20.0 Å². The molecule has 0 aromatic heterocycles. The Balaban J connectivity index is 1.72. The molecule has 0 spiro atoms. The van der Waals surface area contributed by atoms with Crippen LogP contribution in [0.15, 0.2) is 78.9 Å². The summed E-state index contributed by atoms with van der Waals surface area (Å²) in [6.07, 6.45) is 3.59. The van der Waals surface area contributed by atoms with Gasteiger partial charge in [-0.15, -0.1) is 6.58 Å². The molecule has 1 fully saturated rings. The minimum atomic E-state index is -0.797. The second-order valence-electron chi connectivity index (χ2n) is 8.33. The van der Waals surface area contributed by atoms with E-state index in [1.807, 2.05) is 18.2 Å². The fourth-order valence-corrected chi connectivity index (χ4v) is 4.20. The fourth-order valence-electron chi connectivity index (χ4n) is 4.01. The molecule has 1 aliphatic rings. The molecular formula is C29H25ClN2O5. The average Bonchev–Trinajstić information content (AvgIpc) is 2.87. The second-order valence-corrected chi connectivity index (χ2v) is 8.74. The largest absolute Gasteiger partial charge is 0.493 e. The minimum absolute atomic E-state index is 0.181. The quantitative estimate of drug-likeness (QED) is 0.238. The summed E-state index contributed by atoms with van der Waals surface area (Å²) >= 11 is 6.27. The first-order valence-corrected chi connectivity index (χ1v) is 11.9. The van der Waals surface area contributed by atoms with E-state index in [2.05, 4.69) is 11.9 Å². The van der Waals surface area contributed by atoms with Gasteiger partial charge in [-0.3, -0.25) is 14.9 Å². The number of amides is 4. The molecule has 1 aliphatic heterocycles. The van der Waals surface area contributed by atoms with Gasteiger partial charge in [-0.1, -0.05) is 54.1 Å². The molecule has 1 N–H and O–H groups in total. The number of imide groups is 2. The Morgan fingerprint density at radius 2 is 1.76 bits per heavy atom. The highest BCUT2D eigenvalue weighted by molar-refractivity contribution is 6.39. The van der Waals surface area contributed by atoms with Gasteiger partial charge in [-0.2, -0.15) is 0 Å². The number of carbonyl (C=O) groups excluding carboxylic acids is 3. The lowest BCUT2D eigenvalue weighted by Crippen LogP contribution is -2.54. The molecule has 188 valence electrons. The van der Waals surface area contributed by atoms with Gasteiger partial charge in [0.05, 0.1) is 12.8 Å². The maximum atomic E-state index is 13.3. The van der Waals surface area contributed by atoms with Crippen molar-refractivity contribution < 1.29 is 23.9 Å². The third-order valence-corrected chi connectivity index (χ3v) is 6.21. The number of anilines is 1. The van der Waals surface area contributed by atoms with Crippen LogP contribution in [0.3, 0.4) is 0 Å². The van der Waals surface area contributed by atoms with Crippen LogP contribution in [0.4, 0.5) is 10.5 Å². The molecule has 3 aromatic rings. The predicted molar refractivity (Wildman–Crippen MR) is 143 cm³/mol. The Hall–Kier alpha value is -4.36. The maximum absolute atomic E-state index is 13.3. The minimum Gasteiger partial charge on any atom is -0.493 e. The van der Waals surface area contributed by atoms with Crippen LogP contribution in [0.1, 0.15) is 22.3 Å². The number of carbonyl (C=O) groups is 3. The zero-order valence-corrected chi connectivity index (χ0v) is 21.2. The zero-order chi connectivity index (χ0) is 26.5. The summed E-state index contributed by atoms with van der Waals surface area (Å²) in [6.45, 7) is 5.82. The highest BCUT2D eigenvalue weighted by Gasteiger charge is 2.37. The summed E-state index contributed by atoms with van der Waals surface area (Å²) in [5.41, 5.74) is 3.01. The Morgan fingerprint density at radius 3 is 2.46 bits per heavy atom. The van der Waals surface area contributed by atoms with E-state index in [-0.39, 0.29) is 12.2 Å². The molecular weight excluding hydrogens is 492 g/mol. The number of methoxy groups -OCH3 is 1. The molecule has 8 heteroatoms. The molecule has 0 bridgehead atoms. The molecule has 4 rings (SSSR count). The van der Waals surface area contributed by atoms with Gasteiger partial charge in [0.15, 0.2) is 11.5 Å². The van der Waals surface area contributed by atoms with E-state index >= 15 is 0 Å². The van der Waals surface area contributed by atoms with Gasteiger partial charge in [0.2, 0.25) is 0 Å². The van der Waals surface area contributed by atoms with Gasteiger partial charge >= 0.3 is 6.03 Å². The molecule has 0 saturated carbocycles. The molecule has 3 aromatic carbocycles. The fraction of sp³-hybridized carbons (Fsp3) is 0.138.